The van der Waals surface area contributed by atoms with Crippen LogP contribution in [0.2, 0.25) is 0 Å². The number of aromatic nitrogens is 5. The van der Waals surface area contributed by atoms with Crippen LogP contribution in [-0.2, 0) is 7.05 Å². The third-order valence-corrected chi connectivity index (χ3v) is 3.16. The molecular formula is C10H15N7. The Morgan fingerprint density at radius 1 is 1.29 bits per heavy atom. The van der Waals surface area contributed by atoms with Crippen LogP contribution in [0.5, 0.6) is 0 Å². The molecule has 7 nitrogen and oxygen atoms in total. The summed E-state index contributed by atoms with van der Waals surface area (Å²) in [6.45, 7) is 0. The first-order chi connectivity index (χ1) is 8.24. The van der Waals surface area contributed by atoms with Crippen molar-refractivity contribution in [2.24, 2.45) is 7.05 Å². The second kappa shape index (κ2) is 3.83. The van der Waals surface area contributed by atoms with Crippen LogP contribution in [-0.4, -0.2) is 31.0 Å². The Bertz CT molecular complexity index is 541. The van der Waals surface area contributed by atoms with Crippen molar-refractivity contribution in [1.82, 2.24) is 25.0 Å². The quantitative estimate of drug-likeness (QED) is 0.792. The number of nitrogens with zero attached hydrogens (tertiary/aromatic N) is 5. The highest BCUT2D eigenvalue weighted by atomic mass is 15.4. The number of rotatable bonds is 2. The number of anilines is 2. The third kappa shape index (κ3) is 1.77. The number of nitrogens with two attached hydrogens (primary N) is 1. The van der Waals surface area contributed by atoms with E-state index in [1.807, 2.05) is 0 Å². The molecule has 0 atom stereocenters. The smallest absolute Gasteiger partial charge is 0.224 e. The predicted octanol–water partition coefficient (Wildman–Crippen LogP) is 0.695. The average Bonchev–Trinajstić information content (AvgIpc) is 2.90. The van der Waals surface area contributed by atoms with Gasteiger partial charge in [0.15, 0.2) is 17.0 Å². The Labute approximate surface area is 98.4 Å². The Morgan fingerprint density at radius 3 is 2.82 bits per heavy atom. The van der Waals surface area contributed by atoms with Gasteiger partial charge in [0.2, 0.25) is 5.95 Å². The molecule has 2 aromatic heterocycles. The van der Waals surface area contributed by atoms with Gasteiger partial charge in [0, 0.05) is 13.1 Å². The summed E-state index contributed by atoms with van der Waals surface area (Å²) in [7, 11) is 1.79. The van der Waals surface area contributed by atoms with E-state index < -0.39 is 0 Å². The second-order valence-electron chi connectivity index (χ2n) is 4.44. The molecule has 3 rings (SSSR count). The number of hydrogen-bond acceptors (Lipinski definition) is 6. The number of aryl methyl sites for hydroxylation is 1. The van der Waals surface area contributed by atoms with Crippen molar-refractivity contribution in [3.05, 3.63) is 0 Å². The summed E-state index contributed by atoms with van der Waals surface area (Å²) < 4.78 is 1.60. The highest BCUT2D eigenvalue weighted by Crippen LogP contribution is 2.24. The standard InChI is InChI=1S/C10H15N7/c1-17-9-7(15-16-17)8(13-10(11)14-9)12-6-4-2-3-5-6/h6H,2-5H2,1H3,(H3,11,12,13,14). The lowest BCUT2D eigenvalue weighted by Gasteiger charge is -2.12. The van der Waals surface area contributed by atoms with Gasteiger partial charge < -0.3 is 11.1 Å². The fraction of sp³-hybridized carbons (Fsp3) is 0.600. The maximum absolute atomic E-state index is 5.70. The van der Waals surface area contributed by atoms with Gasteiger partial charge in [-0.1, -0.05) is 18.1 Å². The van der Waals surface area contributed by atoms with Crippen molar-refractivity contribution in [2.45, 2.75) is 31.7 Å². The molecule has 0 saturated heterocycles. The van der Waals surface area contributed by atoms with Gasteiger partial charge in [0.25, 0.3) is 0 Å². The van der Waals surface area contributed by atoms with E-state index in [9.17, 15) is 0 Å². The first-order valence-corrected chi connectivity index (χ1v) is 5.83. The molecule has 0 radical (unpaired) electrons. The Hall–Kier alpha value is -1.92. The van der Waals surface area contributed by atoms with E-state index in [1.54, 1.807) is 11.7 Å². The number of hydrogen-bond donors (Lipinski definition) is 2. The van der Waals surface area contributed by atoms with E-state index in [0.717, 1.165) is 0 Å². The van der Waals surface area contributed by atoms with E-state index in [-0.39, 0.29) is 5.95 Å². The molecule has 0 unspecified atom stereocenters. The molecule has 3 N–H and O–H groups in total. The minimum absolute atomic E-state index is 0.253. The zero-order valence-electron chi connectivity index (χ0n) is 9.72. The van der Waals surface area contributed by atoms with E-state index in [0.29, 0.717) is 23.0 Å². The minimum Gasteiger partial charge on any atom is -0.368 e. The van der Waals surface area contributed by atoms with Gasteiger partial charge in [-0.3, -0.25) is 0 Å². The van der Waals surface area contributed by atoms with Gasteiger partial charge in [-0.15, -0.1) is 5.10 Å². The molecule has 2 heterocycles. The Kier molecular flexibility index (Phi) is 2.31. The molecule has 0 aromatic carbocycles. The van der Waals surface area contributed by atoms with Crippen LogP contribution < -0.4 is 11.1 Å². The lowest BCUT2D eigenvalue weighted by atomic mass is 10.2. The molecule has 90 valence electrons. The summed E-state index contributed by atoms with van der Waals surface area (Å²) in [5.41, 5.74) is 7.05. The summed E-state index contributed by atoms with van der Waals surface area (Å²) in [6.07, 6.45) is 4.88. The van der Waals surface area contributed by atoms with Gasteiger partial charge in [0.1, 0.15) is 0 Å². The minimum atomic E-state index is 0.253. The number of fused-ring (bicyclic) bond motifs is 1. The lowest BCUT2D eigenvalue weighted by Crippen LogP contribution is -2.16. The van der Waals surface area contributed by atoms with Crippen LogP contribution >= 0.6 is 0 Å². The first-order valence-electron chi connectivity index (χ1n) is 5.83. The van der Waals surface area contributed by atoms with Crippen LogP contribution in [0.15, 0.2) is 0 Å². The van der Waals surface area contributed by atoms with Gasteiger partial charge in [-0.25, -0.2) is 4.68 Å². The maximum Gasteiger partial charge on any atom is 0.224 e. The molecule has 7 heteroatoms. The summed E-state index contributed by atoms with van der Waals surface area (Å²) >= 11 is 0. The second-order valence-corrected chi connectivity index (χ2v) is 4.44. The van der Waals surface area contributed by atoms with E-state index in [2.05, 4.69) is 25.6 Å². The predicted molar refractivity (Wildman–Crippen MR) is 64.4 cm³/mol. The summed E-state index contributed by atoms with van der Waals surface area (Å²) in [4.78, 5) is 8.35. The number of nitrogens with one attached hydrogen (secondary N) is 1. The average molecular weight is 233 g/mol. The highest BCUT2D eigenvalue weighted by Gasteiger charge is 2.18. The van der Waals surface area contributed by atoms with Crippen molar-refractivity contribution < 1.29 is 0 Å². The van der Waals surface area contributed by atoms with Crippen molar-refractivity contribution in [3.63, 3.8) is 0 Å². The maximum atomic E-state index is 5.70. The lowest BCUT2D eigenvalue weighted by molar-refractivity contribution is 0.730. The first kappa shape index (κ1) is 10.2. The SMILES string of the molecule is Cn1nnc2c(NC3CCCC3)nc(N)nc21. The molecule has 1 aliphatic carbocycles. The van der Waals surface area contributed by atoms with Crippen molar-refractivity contribution in [2.75, 3.05) is 11.1 Å². The van der Waals surface area contributed by atoms with E-state index >= 15 is 0 Å². The zero-order valence-corrected chi connectivity index (χ0v) is 9.72. The summed E-state index contributed by atoms with van der Waals surface area (Å²) in [5, 5.41) is 11.4. The van der Waals surface area contributed by atoms with Gasteiger partial charge in [-0.2, -0.15) is 9.97 Å². The van der Waals surface area contributed by atoms with Crippen molar-refractivity contribution in [3.8, 4) is 0 Å². The van der Waals surface area contributed by atoms with Gasteiger partial charge in [0.05, 0.1) is 0 Å². The zero-order chi connectivity index (χ0) is 11.8. The molecule has 1 saturated carbocycles. The molecule has 2 aromatic rings. The molecular weight excluding hydrogens is 218 g/mol. The highest BCUT2D eigenvalue weighted by molar-refractivity contribution is 5.83. The largest absolute Gasteiger partial charge is 0.368 e. The van der Waals surface area contributed by atoms with Crippen LogP contribution in [0.3, 0.4) is 0 Å². The topological polar surface area (TPSA) is 94.5 Å². The fourth-order valence-electron chi connectivity index (χ4n) is 2.30. The normalized spacial score (nSPS) is 16.8. The monoisotopic (exact) mass is 233 g/mol. The third-order valence-electron chi connectivity index (χ3n) is 3.16. The molecule has 0 amide bonds. The molecule has 0 aliphatic heterocycles. The Balaban J connectivity index is 2.02. The number of nitrogen functional groups attached to an aromatic ring is 1. The molecule has 0 bridgehead atoms. The van der Waals surface area contributed by atoms with Crippen molar-refractivity contribution >= 4 is 22.9 Å². The molecule has 1 fully saturated rings. The van der Waals surface area contributed by atoms with Crippen LogP contribution in [0.25, 0.3) is 11.2 Å². The summed E-state index contributed by atoms with van der Waals surface area (Å²) in [6, 6.07) is 0.467. The van der Waals surface area contributed by atoms with E-state index in [1.165, 1.54) is 25.7 Å². The van der Waals surface area contributed by atoms with Gasteiger partial charge >= 0.3 is 0 Å². The van der Waals surface area contributed by atoms with Crippen LogP contribution in [0.1, 0.15) is 25.7 Å². The van der Waals surface area contributed by atoms with Crippen LogP contribution in [0, 0.1) is 0 Å². The van der Waals surface area contributed by atoms with Crippen LogP contribution in [0.4, 0.5) is 11.8 Å². The van der Waals surface area contributed by atoms with Gasteiger partial charge in [-0.05, 0) is 12.8 Å². The Morgan fingerprint density at radius 2 is 2.06 bits per heavy atom. The fourth-order valence-corrected chi connectivity index (χ4v) is 2.30. The molecule has 0 spiro atoms. The molecule has 1 aliphatic rings. The van der Waals surface area contributed by atoms with Crippen molar-refractivity contribution in [1.29, 1.82) is 0 Å². The molecule has 17 heavy (non-hydrogen) atoms. The van der Waals surface area contributed by atoms with E-state index in [4.69, 9.17) is 5.73 Å². The summed E-state index contributed by atoms with van der Waals surface area (Å²) in [5.74, 6) is 0.955.